The minimum absolute atomic E-state index is 0.0172. The zero-order valence-electron chi connectivity index (χ0n) is 15.2. The number of sulfonamides is 1. The number of hydrogen-bond acceptors (Lipinski definition) is 4. The summed E-state index contributed by atoms with van der Waals surface area (Å²) < 4.78 is 28.8. The van der Waals surface area contributed by atoms with E-state index in [4.69, 9.17) is 11.6 Å². The molecule has 0 fully saturated rings. The fourth-order valence-electron chi connectivity index (χ4n) is 2.34. The van der Waals surface area contributed by atoms with Crippen molar-refractivity contribution in [1.82, 2.24) is 14.5 Å². The first-order valence-corrected chi connectivity index (χ1v) is 10.1. The van der Waals surface area contributed by atoms with E-state index in [2.05, 4.69) is 15.1 Å². The second-order valence-corrected chi connectivity index (χ2v) is 8.79. The number of amides is 1. The molecule has 0 bridgehead atoms. The molecule has 0 saturated carbocycles. The summed E-state index contributed by atoms with van der Waals surface area (Å²) >= 11 is 6.11. The van der Waals surface area contributed by atoms with Crippen LogP contribution in [0.4, 0.5) is 5.82 Å². The summed E-state index contributed by atoms with van der Waals surface area (Å²) in [6.07, 6.45) is 1.59. The summed E-state index contributed by atoms with van der Waals surface area (Å²) in [4.78, 5) is 12.6. The third kappa shape index (κ3) is 5.06. The Labute approximate surface area is 158 Å². The number of carbonyl (C=O) groups is 1. The highest BCUT2D eigenvalue weighted by Crippen LogP contribution is 2.22. The molecule has 2 aromatic rings. The van der Waals surface area contributed by atoms with Crippen LogP contribution < -0.4 is 10.0 Å². The van der Waals surface area contributed by atoms with Gasteiger partial charge in [0.2, 0.25) is 10.0 Å². The van der Waals surface area contributed by atoms with Crippen LogP contribution in [0.25, 0.3) is 0 Å². The van der Waals surface area contributed by atoms with Crippen LogP contribution in [0.5, 0.6) is 0 Å². The summed E-state index contributed by atoms with van der Waals surface area (Å²) in [6, 6.07) is 5.45. The first-order chi connectivity index (χ1) is 12.1. The highest BCUT2D eigenvalue weighted by molar-refractivity contribution is 7.89. The minimum atomic E-state index is -3.72. The maximum absolute atomic E-state index is 12.6. The molecule has 1 heterocycles. The Bertz CT molecular complexity index is 891. The normalized spacial score (nSPS) is 12.0. The Morgan fingerprint density at radius 1 is 1.23 bits per heavy atom. The maximum Gasteiger partial charge on any atom is 0.258 e. The molecule has 0 aliphatic carbocycles. The van der Waals surface area contributed by atoms with E-state index in [1.165, 1.54) is 18.2 Å². The van der Waals surface area contributed by atoms with Gasteiger partial charge in [-0.2, -0.15) is 5.10 Å². The van der Waals surface area contributed by atoms with Crippen molar-refractivity contribution in [1.29, 1.82) is 0 Å². The van der Waals surface area contributed by atoms with E-state index < -0.39 is 15.9 Å². The molecule has 0 atom stereocenters. The number of rotatable bonds is 7. The van der Waals surface area contributed by atoms with Crippen LogP contribution in [0.15, 0.2) is 35.4 Å². The van der Waals surface area contributed by atoms with Crippen LogP contribution in [0.3, 0.4) is 0 Å². The molecule has 0 saturated heterocycles. The SMILES string of the molecule is CC(C)Cn1nccc1NC(=O)c1cc(S(=O)(=O)NC(C)C)ccc1Cl. The van der Waals surface area contributed by atoms with Gasteiger partial charge in [0.15, 0.2) is 0 Å². The van der Waals surface area contributed by atoms with Crippen molar-refractivity contribution in [2.45, 2.75) is 45.2 Å². The van der Waals surface area contributed by atoms with E-state index in [0.29, 0.717) is 18.3 Å². The van der Waals surface area contributed by atoms with Crippen LogP contribution in [-0.4, -0.2) is 30.1 Å². The smallest absolute Gasteiger partial charge is 0.258 e. The topological polar surface area (TPSA) is 93.1 Å². The van der Waals surface area contributed by atoms with Crippen molar-refractivity contribution in [2.24, 2.45) is 5.92 Å². The molecule has 2 rings (SSSR count). The highest BCUT2D eigenvalue weighted by atomic mass is 35.5. The molecule has 0 unspecified atom stereocenters. The molecule has 2 N–H and O–H groups in total. The van der Waals surface area contributed by atoms with Crippen molar-refractivity contribution < 1.29 is 13.2 Å². The van der Waals surface area contributed by atoms with Gasteiger partial charge in [-0.3, -0.25) is 4.79 Å². The van der Waals surface area contributed by atoms with Gasteiger partial charge in [0.25, 0.3) is 5.91 Å². The average Bonchev–Trinajstić information content (AvgIpc) is 2.92. The Morgan fingerprint density at radius 3 is 2.54 bits per heavy atom. The van der Waals surface area contributed by atoms with Gasteiger partial charge in [0, 0.05) is 18.7 Å². The summed E-state index contributed by atoms with van der Waals surface area (Å²) in [7, 11) is -3.72. The van der Waals surface area contributed by atoms with E-state index in [9.17, 15) is 13.2 Å². The van der Waals surface area contributed by atoms with Gasteiger partial charge in [-0.05, 0) is 38.0 Å². The number of aromatic nitrogens is 2. The van der Waals surface area contributed by atoms with Crippen LogP contribution in [-0.2, 0) is 16.6 Å². The molecule has 1 aromatic heterocycles. The largest absolute Gasteiger partial charge is 0.307 e. The van der Waals surface area contributed by atoms with Crippen LogP contribution >= 0.6 is 11.6 Å². The number of carbonyl (C=O) groups excluding carboxylic acids is 1. The summed E-state index contributed by atoms with van der Waals surface area (Å²) in [5, 5.41) is 7.08. The van der Waals surface area contributed by atoms with Gasteiger partial charge < -0.3 is 5.32 Å². The lowest BCUT2D eigenvalue weighted by molar-refractivity contribution is 0.102. The van der Waals surface area contributed by atoms with Crippen LogP contribution in [0.1, 0.15) is 38.1 Å². The maximum atomic E-state index is 12.6. The summed E-state index contributed by atoms with van der Waals surface area (Å²) in [5.41, 5.74) is 0.0793. The van der Waals surface area contributed by atoms with Gasteiger partial charge >= 0.3 is 0 Å². The molecule has 0 aliphatic heterocycles. The Balaban J connectivity index is 2.30. The first-order valence-electron chi connectivity index (χ1n) is 8.25. The fourth-order valence-corrected chi connectivity index (χ4v) is 3.82. The molecular weight excluding hydrogens is 376 g/mol. The third-order valence-electron chi connectivity index (χ3n) is 3.38. The Kier molecular flexibility index (Phi) is 6.44. The van der Waals surface area contributed by atoms with Crippen molar-refractivity contribution in [3.05, 3.63) is 41.0 Å². The van der Waals surface area contributed by atoms with Gasteiger partial charge in [0.05, 0.1) is 21.7 Å². The van der Waals surface area contributed by atoms with E-state index in [-0.39, 0.29) is 21.5 Å². The lowest BCUT2D eigenvalue weighted by atomic mass is 10.2. The Hall–Kier alpha value is -1.90. The summed E-state index contributed by atoms with van der Waals surface area (Å²) in [5.74, 6) is 0.375. The van der Waals surface area contributed by atoms with Crippen molar-refractivity contribution >= 4 is 33.3 Å². The number of halogens is 1. The van der Waals surface area contributed by atoms with Crippen molar-refractivity contribution in [3.8, 4) is 0 Å². The quantitative estimate of drug-likeness (QED) is 0.749. The van der Waals surface area contributed by atoms with E-state index in [0.717, 1.165) is 0 Å². The van der Waals surface area contributed by atoms with Gasteiger partial charge in [0.1, 0.15) is 5.82 Å². The first kappa shape index (κ1) is 20.4. The van der Waals surface area contributed by atoms with Crippen molar-refractivity contribution in [3.63, 3.8) is 0 Å². The standard InChI is InChI=1S/C17H23ClN4O3S/c1-11(2)10-22-16(7-8-19-22)20-17(23)14-9-13(5-6-15(14)18)26(24,25)21-12(3)4/h5-9,11-12,21H,10H2,1-4H3,(H,20,23). The number of anilines is 1. The fraction of sp³-hybridized carbons (Fsp3) is 0.412. The number of nitrogens with one attached hydrogen (secondary N) is 2. The van der Waals surface area contributed by atoms with Gasteiger partial charge in [-0.1, -0.05) is 25.4 Å². The predicted molar refractivity (Wildman–Crippen MR) is 102 cm³/mol. The molecule has 0 spiro atoms. The molecule has 26 heavy (non-hydrogen) atoms. The van der Waals surface area contributed by atoms with Crippen LogP contribution in [0, 0.1) is 5.92 Å². The van der Waals surface area contributed by atoms with Crippen LogP contribution in [0.2, 0.25) is 5.02 Å². The van der Waals surface area contributed by atoms with Gasteiger partial charge in [-0.15, -0.1) is 0 Å². The second-order valence-electron chi connectivity index (χ2n) is 6.66. The molecule has 7 nitrogen and oxygen atoms in total. The molecule has 1 amide bonds. The molecule has 9 heteroatoms. The lowest BCUT2D eigenvalue weighted by Gasteiger charge is -2.13. The summed E-state index contributed by atoms with van der Waals surface area (Å²) in [6.45, 7) is 8.16. The number of benzene rings is 1. The lowest BCUT2D eigenvalue weighted by Crippen LogP contribution is -2.30. The highest BCUT2D eigenvalue weighted by Gasteiger charge is 2.20. The third-order valence-corrected chi connectivity index (χ3v) is 5.37. The zero-order valence-corrected chi connectivity index (χ0v) is 16.7. The average molecular weight is 399 g/mol. The van der Waals surface area contributed by atoms with E-state index in [1.54, 1.807) is 30.8 Å². The number of hydrogen-bond donors (Lipinski definition) is 2. The monoisotopic (exact) mass is 398 g/mol. The van der Waals surface area contributed by atoms with Crippen molar-refractivity contribution in [2.75, 3.05) is 5.32 Å². The van der Waals surface area contributed by atoms with E-state index in [1.807, 2.05) is 13.8 Å². The van der Waals surface area contributed by atoms with Gasteiger partial charge in [-0.25, -0.2) is 17.8 Å². The second kappa shape index (κ2) is 8.20. The molecule has 0 aliphatic rings. The molecule has 1 aromatic carbocycles. The predicted octanol–water partition coefficient (Wildman–Crippen LogP) is 3.13. The molecular formula is C17H23ClN4O3S. The minimum Gasteiger partial charge on any atom is -0.307 e. The number of nitrogens with zero attached hydrogens (tertiary/aromatic N) is 2. The zero-order chi connectivity index (χ0) is 19.5. The Morgan fingerprint density at radius 2 is 1.92 bits per heavy atom. The molecule has 0 radical (unpaired) electrons. The molecule has 142 valence electrons. The van der Waals surface area contributed by atoms with E-state index >= 15 is 0 Å².